The Morgan fingerprint density at radius 3 is 3.21 bits per heavy atom. The number of rotatable bonds is 2. The summed E-state index contributed by atoms with van der Waals surface area (Å²) in [4.78, 5) is 3.85. The molecule has 76 valence electrons. The van der Waals surface area contributed by atoms with E-state index >= 15 is 0 Å². The van der Waals surface area contributed by atoms with Crippen molar-refractivity contribution in [2.75, 3.05) is 18.9 Å². The molecule has 0 radical (unpaired) electrons. The molecule has 0 bridgehead atoms. The summed E-state index contributed by atoms with van der Waals surface area (Å²) >= 11 is 5.89. The molecule has 1 aromatic rings. The highest BCUT2D eigenvalue weighted by atomic mass is 35.5. The van der Waals surface area contributed by atoms with Gasteiger partial charge in [-0.2, -0.15) is 0 Å². The number of aromatic nitrogens is 1. The van der Waals surface area contributed by atoms with Crippen molar-refractivity contribution in [1.29, 1.82) is 0 Å². The zero-order valence-electron chi connectivity index (χ0n) is 7.57. The van der Waals surface area contributed by atoms with E-state index in [1.54, 1.807) is 6.07 Å². The molecule has 0 unspecified atom stereocenters. The third-order valence-corrected chi connectivity index (χ3v) is 2.31. The van der Waals surface area contributed by atoms with Crippen molar-refractivity contribution < 1.29 is 9.47 Å². The van der Waals surface area contributed by atoms with E-state index in [0.717, 1.165) is 13.0 Å². The van der Waals surface area contributed by atoms with Crippen molar-refractivity contribution in [2.24, 2.45) is 0 Å². The molecule has 2 N–H and O–H groups in total. The quantitative estimate of drug-likeness (QED) is 0.811. The summed E-state index contributed by atoms with van der Waals surface area (Å²) in [5, 5.41) is 0.478. The molecule has 1 saturated heterocycles. The van der Waals surface area contributed by atoms with Crippen LogP contribution in [-0.2, 0) is 4.74 Å². The predicted molar refractivity (Wildman–Crippen MR) is 53.5 cm³/mol. The van der Waals surface area contributed by atoms with Gasteiger partial charge in [0.25, 0.3) is 0 Å². The molecular weight excluding hydrogens is 204 g/mol. The Labute approximate surface area is 87.0 Å². The highest BCUT2D eigenvalue weighted by molar-refractivity contribution is 6.31. The molecule has 1 aliphatic rings. The molecule has 1 fully saturated rings. The molecule has 4 nitrogen and oxygen atoms in total. The molecule has 2 rings (SSSR count). The average Bonchev–Trinajstić information content (AvgIpc) is 2.64. The SMILES string of the molecule is Nc1cc(O[C@H]2CCOC2)c(Cl)cn1. The number of pyridine rings is 1. The standard InChI is InChI=1S/C9H11ClN2O2/c10-7-4-12-9(11)3-8(7)14-6-1-2-13-5-6/h3-4,6H,1-2,5H2,(H2,11,12)/t6-/m0/s1. The smallest absolute Gasteiger partial charge is 0.143 e. The van der Waals surface area contributed by atoms with Crippen molar-refractivity contribution in [3.63, 3.8) is 0 Å². The van der Waals surface area contributed by atoms with E-state index in [0.29, 0.717) is 23.2 Å². The van der Waals surface area contributed by atoms with Gasteiger partial charge in [0.2, 0.25) is 0 Å². The van der Waals surface area contributed by atoms with Crippen LogP contribution in [0.5, 0.6) is 5.75 Å². The highest BCUT2D eigenvalue weighted by Gasteiger charge is 2.18. The summed E-state index contributed by atoms with van der Waals surface area (Å²) < 4.78 is 10.8. The Hall–Kier alpha value is -1.00. The van der Waals surface area contributed by atoms with Gasteiger partial charge in [0.05, 0.1) is 19.4 Å². The van der Waals surface area contributed by atoms with E-state index in [-0.39, 0.29) is 6.10 Å². The maximum Gasteiger partial charge on any atom is 0.143 e. The van der Waals surface area contributed by atoms with Crippen molar-refractivity contribution >= 4 is 17.4 Å². The number of nitrogens with two attached hydrogens (primary N) is 1. The van der Waals surface area contributed by atoms with Gasteiger partial charge in [-0.15, -0.1) is 0 Å². The Kier molecular flexibility index (Phi) is 2.74. The van der Waals surface area contributed by atoms with E-state index in [1.807, 2.05) is 0 Å². The zero-order chi connectivity index (χ0) is 9.97. The first kappa shape index (κ1) is 9.55. The molecule has 2 heterocycles. The lowest BCUT2D eigenvalue weighted by atomic mass is 10.3. The molecule has 0 aliphatic carbocycles. The van der Waals surface area contributed by atoms with Gasteiger partial charge in [-0.1, -0.05) is 11.6 Å². The second-order valence-electron chi connectivity index (χ2n) is 3.14. The third kappa shape index (κ3) is 2.08. The summed E-state index contributed by atoms with van der Waals surface area (Å²) in [5.74, 6) is 0.984. The largest absolute Gasteiger partial charge is 0.486 e. The van der Waals surface area contributed by atoms with Gasteiger partial charge in [-0.05, 0) is 0 Å². The zero-order valence-corrected chi connectivity index (χ0v) is 8.33. The minimum absolute atomic E-state index is 0.0781. The molecule has 5 heteroatoms. The van der Waals surface area contributed by atoms with E-state index in [1.165, 1.54) is 6.20 Å². The normalized spacial score (nSPS) is 21.1. The van der Waals surface area contributed by atoms with Gasteiger partial charge in [0, 0.05) is 12.5 Å². The number of ether oxygens (including phenoxy) is 2. The minimum Gasteiger partial charge on any atom is -0.486 e. The van der Waals surface area contributed by atoms with Crippen molar-refractivity contribution in [1.82, 2.24) is 4.98 Å². The maximum absolute atomic E-state index is 5.89. The molecule has 0 spiro atoms. The Morgan fingerprint density at radius 1 is 1.64 bits per heavy atom. The van der Waals surface area contributed by atoms with Crippen LogP contribution < -0.4 is 10.5 Å². The average molecular weight is 215 g/mol. The first-order valence-corrected chi connectivity index (χ1v) is 4.79. The predicted octanol–water partition coefficient (Wildman–Crippen LogP) is 1.48. The lowest BCUT2D eigenvalue weighted by molar-refractivity contribution is 0.141. The van der Waals surface area contributed by atoms with Crippen LogP contribution in [0, 0.1) is 0 Å². The molecule has 0 amide bonds. The fourth-order valence-electron chi connectivity index (χ4n) is 1.31. The minimum atomic E-state index is 0.0781. The summed E-state index contributed by atoms with van der Waals surface area (Å²) in [7, 11) is 0. The van der Waals surface area contributed by atoms with E-state index < -0.39 is 0 Å². The van der Waals surface area contributed by atoms with Crippen LogP contribution >= 0.6 is 11.6 Å². The van der Waals surface area contributed by atoms with Gasteiger partial charge in [-0.3, -0.25) is 0 Å². The Morgan fingerprint density at radius 2 is 2.50 bits per heavy atom. The fourth-order valence-corrected chi connectivity index (χ4v) is 1.46. The van der Waals surface area contributed by atoms with E-state index in [4.69, 9.17) is 26.8 Å². The number of hydrogen-bond donors (Lipinski definition) is 1. The van der Waals surface area contributed by atoms with Crippen LogP contribution in [0.1, 0.15) is 6.42 Å². The first-order valence-electron chi connectivity index (χ1n) is 4.41. The molecule has 1 atom stereocenters. The molecule has 0 saturated carbocycles. The maximum atomic E-state index is 5.89. The fraction of sp³-hybridized carbons (Fsp3) is 0.444. The number of nitrogens with zero attached hydrogens (tertiary/aromatic N) is 1. The van der Waals surface area contributed by atoms with Crippen molar-refractivity contribution in [3.8, 4) is 5.75 Å². The van der Waals surface area contributed by atoms with Gasteiger partial charge in [0.15, 0.2) is 0 Å². The molecule has 0 aromatic carbocycles. The summed E-state index contributed by atoms with van der Waals surface area (Å²) in [5.41, 5.74) is 5.52. The summed E-state index contributed by atoms with van der Waals surface area (Å²) in [6.45, 7) is 1.35. The lowest BCUT2D eigenvalue weighted by Crippen LogP contribution is -2.16. The summed E-state index contributed by atoms with van der Waals surface area (Å²) in [6.07, 6.45) is 2.45. The number of nitrogen functional groups attached to an aromatic ring is 1. The second-order valence-corrected chi connectivity index (χ2v) is 3.55. The second kappa shape index (κ2) is 4.02. The first-order chi connectivity index (χ1) is 6.75. The number of halogens is 1. The number of hydrogen-bond acceptors (Lipinski definition) is 4. The van der Waals surface area contributed by atoms with Gasteiger partial charge < -0.3 is 15.2 Å². The van der Waals surface area contributed by atoms with Gasteiger partial charge in [-0.25, -0.2) is 4.98 Å². The Bertz CT molecular complexity index is 327. The van der Waals surface area contributed by atoms with Gasteiger partial charge in [0.1, 0.15) is 22.7 Å². The van der Waals surface area contributed by atoms with Crippen LogP contribution in [0.4, 0.5) is 5.82 Å². The molecular formula is C9H11ClN2O2. The Balaban J connectivity index is 2.10. The van der Waals surface area contributed by atoms with Crippen LogP contribution in [0.2, 0.25) is 5.02 Å². The molecule has 1 aliphatic heterocycles. The topological polar surface area (TPSA) is 57.4 Å². The molecule has 14 heavy (non-hydrogen) atoms. The van der Waals surface area contributed by atoms with Crippen molar-refractivity contribution in [2.45, 2.75) is 12.5 Å². The van der Waals surface area contributed by atoms with Crippen LogP contribution in [0.3, 0.4) is 0 Å². The van der Waals surface area contributed by atoms with E-state index in [9.17, 15) is 0 Å². The highest BCUT2D eigenvalue weighted by Crippen LogP contribution is 2.27. The van der Waals surface area contributed by atoms with E-state index in [2.05, 4.69) is 4.98 Å². The van der Waals surface area contributed by atoms with Crippen LogP contribution in [-0.4, -0.2) is 24.3 Å². The number of anilines is 1. The van der Waals surface area contributed by atoms with Gasteiger partial charge >= 0.3 is 0 Å². The lowest BCUT2D eigenvalue weighted by Gasteiger charge is -2.12. The van der Waals surface area contributed by atoms with Crippen molar-refractivity contribution in [3.05, 3.63) is 17.3 Å². The monoisotopic (exact) mass is 214 g/mol. The summed E-state index contributed by atoms with van der Waals surface area (Å²) in [6, 6.07) is 1.63. The van der Waals surface area contributed by atoms with Crippen LogP contribution in [0.25, 0.3) is 0 Å². The molecule has 1 aromatic heterocycles. The van der Waals surface area contributed by atoms with Crippen LogP contribution in [0.15, 0.2) is 12.3 Å². The third-order valence-electron chi connectivity index (χ3n) is 2.02.